The first kappa shape index (κ1) is 20.6. The van der Waals surface area contributed by atoms with E-state index in [1.54, 1.807) is 12.1 Å². The molecule has 152 valence electrons. The Hall–Kier alpha value is -3.16. The first-order valence-electron chi connectivity index (χ1n) is 8.87. The standard InChI is InChI=1S/C21H20F4N4/c1-20(2,3)15-6-4-5-7-17(15)28-18-16(21(23,24)25)12-26-19(29-18)27-14-10-8-13(22)9-11-14/h4-12H,1-3H3,(H2,26,27,28,29). The predicted octanol–water partition coefficient (Wildman–Crippen LogP) is 6.42. The maximum Gasteiger partial charge on any atom is 0.421 e. The SMILES string of the molecule is CC(C)(C)c1ccccc1Nc1nc(Nc2ccc(F)cc2)ncc1C(F)(F)F. The molecule has 1 aromatic heterocycles. The lowest BCUT2D eigenvalue weighted by Crippen LogP contribution is -2.16. The second kappa shape index (κ2) is 7.69. The zero-order valence-corrected chi connectivity index (χ0v) is 16.1. The molecule has 3 aromatic rings. The molecule has 0 radical (unpaired) electrons. The third-order valence-electron chi connectivity index (χ3n) is 4.18. The van der Waals surface area contributed by atoms with Crippen molar-refractivity contribution in [3.05, 3.63) is 71.7 Å². The quantitative estimate of drug-likeness (QED) is 0.493. The van der Waals surface area contributed by atoms with Crippen LogP contribution in [0.15, 0.2) is 54.7 Å². The average molecular weight is 404 g/mol. The highest BCUT2D eigenvalue weighted by Crippen LogP contribution is 2.37. The van der Waals surface area contributed by atoms with E-state index in [4.69, 9.17) is 0 Å². The second-order valence-corrected chi connectivity index (χ2v) is 7.51. The smallest absolute Gasteiger partial charge is 0.339 e. The molecule has 4 nitrogen and oxygen atoms in total. The Balaban J connectivity index is 2.01. The zero-order valence-electron chi connectivity index (χ0n) is 16.1. The van der Waals surface area contributed by atoms with Gasteiger partial charge in [0.1, 0.15) is 17.2 Å². The molecule has 0 saturated carbocycles. The lowest BCUT2D eigenvalue weighted by molar-refractivity contribution is -0.137. The van der Waals surface area contributed by atoms with Crippen molar-refractivity contribution in [2.75, 3.05) is 10.6 Å². The highest BCUT2D eigenvalue weighted by atomic mass is 19.4. The molecule has 2 aromatic carbocycles. The Kier molecular flexibility index (Phi) is 5.46. The van der Waals surface area contributed by atoms with E-state index in [0.29, 0.717) is 11.4 Å². The first-order valence-corrected chi connectivity index (χ1v) is 8.87. The minimum atomic E-state index is -4.63. The minimum absolute atomic E-state index is 0.0413. The number of benzene rings is 2. The molecule has 0 spiro atoms. The van der Waals surface area contributed by atoms with E-state index >= 15 is 0 Å². The summed E-state index contributed by atoms with van der Waals surface area (Å²) in [5, 5.41) is 5.60. The molecular weight excluding hydrogens is 384 g/mol. The van der Waals surface area contributed by atoms with Crippen LogP contribution in [0, 0.1) is 5.82 Å². The summed E-state index contributed by atoms with van der Waals surface area (Å²) in [6.07, 6.45) is -3.91. The average Bonchev–Trinajstić information content (AvgIpc) is 2.62. The van der Waals surface area contributed by atoms with E-state index in [2.05, 4.69) is 20.6 Å². The number of rotatable bonds is 4. The lowest BCUT2D eigenvalue weighted by atomic mass is 9.86. The van der Waals surface area contributed by atoms with Crippen LogP contribution in [-0.2, 0) is 11.6 Å². The van der Waals surface area contributed by atoms with Crippen molar-refractivity contribution in [1.82, 2.24) is 9.97 Å². The molecule has 0 unspecified atom stereocenters. The number of alkyl halides is 3. The molecule has 2 N–H and O–H groups in total. The van der Waals surface area contributed by atoms with E-state index in [0.717, 1.165) is 11.8 Å². The van der Waals surface area contributed by atoms with Crippen molar-refractivity contribution in [3.8, 4) is 0 Å². The van der Waals surface area contributed by atoms with Gasteiger partial charge in [-0.15, -0.1) is 0 Å². The Morgan fingerprint density at radius 3 is 2.10 bits per heavy atom. The van der Waals surface area contributed by atoms with Gasteiger partial charge >= 0.3 is 6.18 Å². The monoisotopic (exact) mass is 404 g/mol. The van der Waals surface area contributed by atoms with Crippen molar-refractivity contribution < 1.29 is 17.6 Å². The van der Waals surface area contributed by atoms with Crippen molar-refractivity contribution >= 4 is 23.1 Å². The summed E-state index contributed by atoms with van der Waals surface area (Å²) in [5.41, 5.74) is 0.555. The number of hydrogen-bond acceptors (Lipinski definition) is 4. The maximum absolute atomic E-state index is 13.5. The Bertz CT molecular complexity index is 993. The number of hydrogen-bond donors (Lipinski definition) is 2. The van der Waals surface area contributed by atoms with Crippen LogP contribution in [0.25, 0.3) is 0 Å². The summed E-state index contributed by atoms with van der Waals surface area (Å²) >= 11 is 0. The molecule has 1 heterocycles. The van der Waals surface area contributed by atoms with Crippen LogP contribution in [-0.4, -0.2) is 9.97 Å². The van der Waals surface area contributed by atoms with Gasteiger partial charge in [-0.1, -0.05) is 39.0 Å². The Morgan fingerprint density at radius 1 is 0.828 bits per heavy atom. The van der Waals surface area contributed by atoms with Crippen molar-refractivity contribution in [2.24, 2.45) is 0 Å². The number of nitrogens with one attached hydrogen (secondary N) is 2. The van der Waals surface area contributed by atoms with E-state index in [-0.39, 0.29) is 17.2 Å². The van der Waals surface area contributed by atoms with Crippen LogP contribution < -0.4 is 10.6 Å². The molecule has 0 amide bonds. The van der Waals surface area contributed by atoms with E-state index < -0.39 is 17.6 Å². The maximum atomic E-state index is 13.5. The van der Waals surface area contributed by atoms with Crippen LogP contribution in [0.3, 0.4) is 0 Å². The highest BCUT2D eigenvalue weighted by molar-refractivity contribution is 5.66. The summed E-state index contributed by atoms with van der Waals surface area (Å²) in [7, 11) is 0. The molecule has 8 heteroatoms. The van der Waals surface area contributed by atoms with Gasteiger partial charge in [0.25, 0.3) is 0 Å². The summed E-state index contributed by atoms with van der Waals surface area (Å²) in [6, 6.07) is 12.5. The summed E-state index contributed by atoms with van der Waals surface area (Å²) in [6.45, 7) is 5.92. The third kappa shape index (κ3) is 5.01. The fourth-order valence-corrected chi connectivity index (χ4v) is 2.78. The van der Waals surface area contributed by atoms with Crippen LogP contribution >= 0.6 is 0 Å². The van der Waals surface area contributed by atoms with Gasteiger partial charge in [0.05, 0.1) is 0 Å². The molecule has 0 saturated heterocycles. The molecule has 3 rings (SSSR count). The van der Waals surface area contributed by atoms with E-state index in [1.165, 1.54) is 24.3 Å². The fraction of sp³-hybridized carbons (Fsp3) is 0.238. The van der Waals surface area contributed by atoms with Crippen LogP contribution in [0.1, 0.15) is 31.9 Å². The number of anilines is 4. The molecule has 0 atom stereocenters. The Labute approximate surface area is 166 Å². The minimum Gasteiger partial charge on any atom is -0.339 e. The molecule has 0 bridgehead atoms. The van der Waals surface area contributed by atoms with E-state index in [9.17, 15) is 17.6 Å². The van der Waals surface area contributed by atoms with Crippen LogP contribution in [0.5, 0.6) is 0 Å². The van der Waals surface area contributed by atoms with Gasteiger partial charge in [0.2, 0.25) is 5.95 Å². The molecule has 0 aliphatic rings. The zero-order chi connectivity index (χ0) is 21.2. The molecular formula is C21H20F4N4. The van der Waals surface area contributed by atoms with Crippen LogP contribution in [0.2, 0.25) is 0 Å². The lowest BCUT2D eigenvalue weighted by Gasteiger charge is -2.24. The third-order valence-corrected chi connectivity index (χ3v) is 4.18. The van der Waals surface area contributed by atoms with Crippen molar-refractivity contribution in [2.45, 2.75) is 32.4 Å². The van der Waals surface area contributed by atoms with Crippen molar-refractivity contribution in [3.63, 3.8) is 0 Å². The van der Waals surface area contributed by atoms with Gasteiger partial charge in [-0.2, -0.15) is 18.2 Å². The number of para-hydroxylation sites is 1. The predicted molar refractivity (Wildman–Crippen MR) is 105 cm³/mol. The topological polar surface area (TPSA) is 49.8 Å². The van der Waals surface area contributed by atoms with Gasteiger partial charge in [-0.05, 0) is 41.3 Å². The summed E-state index contributed by atoms with van der Waals surface area (Å²) < 4.78 is 53.6. The molecule has 29 heavy (non-hydrogen) atoms. The van der Waals surface area contributed by atoms with Crippen molar-refractivity contribution in [1.29, 1.82) is 0 Å². The molecule has 0 aliphatic carbocycles. The summed E-state index contributed by atoms with van der Waals surface area (Å²) in [5.74, 6) is -0.834. The second-order valence-electron chi connectivity index (χ2n) is 7.51. The van der Waals surface area contributed by atoms with Crippen LogP contribution in [0.4, 0.5) is 40.7 Å². The van der Waals surface area contributed by atoms with Gasteiger partial charge in [-0.25, -0.2) is 9.37 Å². The number of aromatic nitrogens is 2. The number of nitrogens with zero attached hydrogens (tertiary/aromatic N) is 2. The first-order chi connectivity index (χ1) is 13.5. The molecule has 0 aliphatic heterocycles. The highest BCUT2D eigenvalue weighted by Gasteiger charge is 2.35. The Morgan fingerprint density at radius 2 is 1.48 bits per heavy atom. The normalized spacial score (nSPS) is 12.0. The van der Waals surface area contributed by atoms with Gasteiger partial charge in [-0.3, -0.25) is 0 Å². The molecule has 0 fully saturated rings. The van der Waals surface area contributed by atoms with Gasteiger partial charge in [0.15, 0.2) is 0 Å². The van der Waals surface area contributed by atoms with E-state index in [1.807, 2.05) is 32.9 Å². The van der Waals surface area contributed by atoms with Gasteiger partial charge in [0, 0.05) is 17.6 Å². The largest absolute Gasteiger partial charge is 0.421 e. The summed E-state index contributed by atoms with van der Waals surface area (Å²) in [4.78, 5) is 7.79. The number of halogens is 4. The fourth-order valence-electron chi connectivity index (χ4n) is 2.78. The van der Waals surface area contributed by atoms with Gasteiger partial charge < -0.3 is 10.6 Å².